The van der Waals surface area contributed by atoms with E-state index in [-0.39, 0.29) is 11.3 Å². The maximum Gasteiger partial charge on any atom is 0.222 e. The number of likely N-dealkylation sites (tertiary alicyclic amines) is 1. The first kappa shape index (κ1) is 25.6. The van der Waals surface area contributed by atoms with Gasteiger partial charge in [0.15, 0.2) is 0 Å². The summed E-state index contributed by atoms with van der Waals surface area (Å²) in [4.78, 5) is 17.5. The summed E-state index contributed by atoms with van der Waals surface area (Å²) in [7, 11) is 2.00. The second kappa shape index (κ2) is 12.4. The molecule has 0 aromatic heterocycles. The first-order valence-corrected chi connectivity index (χ1v) is 13.5. The van der Waals surface area contributed by atoms with Crippen LogP contribution in [-0.2, 0) is 17.8 Å². The van der Waals surface area contributed by atoms with Crippen LogP contribution < -0.4 is 9.47 Å². The first-order chi connectivity index (χ1) is 17.1. The van der Waals surface area contributed by atoms with Crippen LogP contribution in [0, 0.1) is 5.41 Å². The van der Waals surface area contributed by atoms with Crippen LogP contribution in [0.2, 0.25) is 0 Å². The van der Waals surface area contributed by atoms with Crippen LogP contribution in [0.5, 0.6) is 11.5 Å². The fraction of sp³-hybridized carbons (Fsp3) is 0.567. The van der Waals surface area contributed by atoms with Gasteiger partial charge in [0.1, 0.15) is 11.5 Å². The third kappa shape index (κ3) is 7.00. The molecule has 2 aromatic carbocycles. The van der Waals surface area contributed by atoms with Gasteiger partial charge in [0, 0.05) is 32.1 Å². The Kier molecular flexibility index (Phi) is 9.08. The highest BCUT2D eigenvalue weighted by Crippen LogP contribution is 2.39. The molecule has 4 rings (SSSR count). The summed E-state index contributed by atoms with van der Waals surface area (Å²) < 4.78 is 11.9. The van der Waals surface area contributed by atoms with Crippen LogP contribution in [0.15, 0.2) is 48.5 Å². The van der Waals surface area contributed by atoms with Gasteiger partial charge >= 0.3 is 0 Å². The number of benzene rings is 2. The molecule has 0 saturated carbocycles. The van der Waals surface area contributed by atoms with Crippen LogP contribution in [0.1, 0.15) is 63.0 Å². The Morgan fingerprint density at radius 3 is 2.54 bits per heavy atom. The maximum atomic E-state index is 12.9. The molecule has 2 aliphatic rings. The fourth-order valence-electron chi connectivity index (χ4n) is 5.70. The number of rotatable bonds is 4. The summed E-state index contributed by atoms with van der Waals surface area (Å²) in [5.41, 5.74) is 2.77. The van der Waals surface area contributed by atoms with E-state index >= 15 is 0 Å². The second-order valence-corrected chi connectivity index (χ2v) is 10.3. The van der Waals surface area contributed by atoms with Crippen LogP contribution in [0.3, 0.4) is 0 Å². The van der Waals surface area contributed by atoms with Gasteiger partial charge in [0.25, 0.3) is 0 Å². The maximum absolute atomic E-state index is 12.9. The smallest absolute Gasteiger partial charge is 0.222 e. The number of piperidine rings is 1. The van der Waals surface area contributed by atoms with Crippen LogP contribution in [0.25, 0.3) is 0 Å². The van der Waals surface area contributed by atoms with E-state index in [0.717, 1.165) is 69.8 Å². The number of amides is 1. The molecule has 35 heavy (non-hydrogen) atoms. The number of ether oxygens (including phenoxy) is 2. The zero-order chi connectivity index (χ0) is 24.5. The third-order valence-electron chi connectivity index (χ3n) is 7.75. The lowest BCUT2D eigenvalue weighted by atomic mass is 9.73. The minimum absolute atomic E-state index is 0.209. The minimum Gasteiger partial charge on any atom is -0.494 e. The molecule has 0 radical (unpaired) electrons. The average Bonchev–Trinajstić information content (AvgIpc) is 2.87. The molecular weight excluding hydrogens is 436 g/mol. The van der Waals surface area contributed by atoms with Crippen LogP contribution in [-0.4, -0.2) is 55.6 Å². The van der Waals surface area contributed by atoms with Crippen molar-refractivity contribution in [2.75, 3.05) is 39.9 Å². The molecular formula is C30H42N2O3. The van der Waals surface area contributed by atoms with Gasteiger partial charge in [-0.3, -0.25) is 9.69 Å². The highest BCUT2D eigenvalue weighted by Gasteiger charge is 2.36. The molecule has 190 valence electrons. The van der Waals surface area contributed by atoms with E-state index in [4.69, 9.17) is 9.47 Å². The Balaban J connectivity index is 1.41. The van der Waals surface area contributed by atoms with Gasteiger partial charge in [-0.2, -0.15) is 0 Å². The normalized spacial score (nSPS) is 20.1. The van der Waals surface area contributed by atoms with E-state index in [1.165, 1.54) is 24.0 Å². The lowest BCUT2D eigenvalue weighted by molar-refractivity contribution is -0.132. The molecule has 1 amide bonds. The molecule has 5 nitrogen and oxygen atoms in total. The largest absolute Gasteiger partial charge is 0.494 e. The Morgan fingerprint density at radius 1 is 0.943 bits per heavy atom. The van der Waals surface area contributed by atoms with Gasteiger partial charge in [-0.15, -0.1) is 0 Å². The van der Waals surface area contributed by atoms with Gasteiger partial charge in [-0.25, -0.2) is 0 Å². The Morgan fingerprint density at radius 2 is 1.71 bits per heavy atom. The highest BCUT2D eigenvalue weighted by molar-refractivity contribution is 5.75. The predicted molar refractivity (Wildman–Crippen MR) is 141 cm³/mol. The van der Waals surface area contributed by atoms with Crippen molar-refractivity contribution in [3.63, 3.8) is 0 Å². The van der Waals surface area contributed by atoms with Gasteiger partial charge < -0.3 is 14.4 Å². The van der Waals surface area contributed by atoms with Crippen LogP contribution >= 0.6 is 0 Å². The van der Waals surface area contributed by atoms with E-state index in [9.17, 15) is 4.79 Å². The number of fused-ring (bicyclic) bond motifs is 1. The quantitative estimate of drug-likeness (QED) is 0.564. The van der Waals surface area contributed by atoms with E-state index in [1.54, 1.807) is 0 Å². The number of aryl methyl sites for hydroxylation is 1. The van der Waals surface area contributed by atoms with Crippen molar-refractivity contribution in [1.29, 1.82) is 0 Å². The summed E-state index contributed by atoms with van der Waals surface area (Å²) in [6.07, 6.45) is 8.17. The second-order valence-electron chi connectivity index (χ2n) is 10.3. The Labute approximate surface area is 211 Å². The summed E-state index contributed by atoms with van der Waals surface area (Å²) in [6, 6.07) is 16.8. The van der Waals surface area contributed by atoms with Crippen molar-refractivity contribution in [2.24, 2.45) is 5.41 Å². The van der Waals surface area contributed by atoms with Crippen molar-refractivity contribution in [3.05, 3.63) is 59.7 Å². The summed E-state index contributed by atoms with van der Waals surface area (Å²) in [5.74, 6) is 2.23. The van der Waals surface area contributed by atoms with E-state index in [2.05, 4.69) is 41.3 Å². The minimum atomic E-state index is 0.209. The molecule has 2 aliphatic heterocycles. The molecule has 1 spiro atoms. The Bertz CT molecular complexity index is 952. The predicted octanol–water partition coefficient (Wildman–Crippen LogP) is 5.71. The first-order valence-electron chi connectivity index (χ1n) is 13.5. The van der Waals surface area contributed by atoms with Gasteiger partial charge in [-0.1, -0.05) is 42.8 Å². The van der Waals surface area contributed by atoms with Crippen molar-refractivity contribution in [3.8, 4) is 11.5 Å². The van der Waals surface area contributed by atoms with Gasteiger partial charge in [0.05, 0.1) is 13.2 Å². The van der Waals surface area contributed by atoms with Crippen molar-refractivity contribution in [2.45, 2.75) is 64.8 Å². The highest BCUT2D eigenvalue weighted by atomic mass is 16.5. The third-order valence-corrected chi connectivity index (χ3v) is 7.75. The topological polar surface area (TPSA) is 42.0 Å². The van der Waals surface area contributed by atoms with Crippen molar-refractivity contribution >= 4 is 5.91 Å². The Hall–Kier alpha value is -2.53. The molecule has 5 heteroatoms. The number of carbonyl (C=O) groups excluding carboxylic acids is 1. The van der Waals surface area contributed by atoms with Crippen LogP contribution in [0.4, 0.5) is 0 Å². The molecule has 0 aliphatic carbocycles. The summed E-state index contributed by atoms with van der Waals surface area (Å²) in [5, 5.41) is 0. The van der Waals surface area contributed by atoms with E-state index in [0.29, 0.717) is 19.6 Å². The summed E-state index contributed by atoms with van der Waals surface area (Å²) in [6.45, 7) is 7.26. The molecule has 0 bridgehead atoms. The molecule has 1 saturated heterocycles. The number of para-hydroxylation sites is 2. The summed E-state index contributed by atoms with van der Waals surface area (Å²) >= 11 is 0. The lowest BCUT2D eigenvalue weighted by Crippen LogP contribution is -2.46. The van der Waals surface area contributed by atoms with E-state index in [1.807, 2.05) is 31.0 Å². The average molecular weight is 479 g/mol. The van der Waals surface area contributed by atoms with E-state index < -0.39 is 0 Å². The van der Waals surface area contributed by atoms with Gasteiger partial charge in [0.2, 0.25) is 5.91 Å². The zero-order valence-electron chi connectivity index (χ0n) is 21.6. The monoisotopic (exact) mass is 478 g/mol. The zero-order valence-corrected chi connectivity index (χ0v) is 21.6. The standard InChI is InChI=1S/C30H42N2O3/c1-3-34-28-15-7-5-13-26(28)23-32-20-18-30(19-21-32)17-9-8-12-25-11-4-6-14-27(25)35-22-10-16-29(33)31(2)24-30/h4-7,11,13-15H,3,8-10,12,16-24H2,1-2H3. The molecule has 1 fully saturated rings. The molecule has 2 heterocycles. The van der Waals surface area contributed by atoms with Gasteiger partial charge in [-0.05, 0) is 81.6 Å². The number of hydrogen-bond donors (Lipinski definition) is 0. The van der Waals surface area contributed by atoms with Crippen molar-refractivity contribution < 1.29 is 14.3 Å². The van der Waals surface area contributed by atoms with Crippen molar-refractivity contribution in [1.82, 2.24) is 9.80 Å². The SMILES string of the molecule is CCOc1ccccc1CN1CCC2(CCCCc3ccccc3OCCCC(=O)N(C)C2)CC1. The molecule has 0 N–H and O–H groups in total. The lowest BCUT2D eigenvalue weighted by Gasteiger charge is -2.44. The molecule has 2 aromatic rings. The molecule has 0 unspecified atom stereocenters. The number of carbonyl (C=O) groups is 1. The fourth-order valence-corrected chi connectivity index (χ4v) is 5.70. The molecule has 0 atom stereocenters. The number of nitrogens with zero attached hydrogens (tertiary/aromatic N) is 2. The number of hydrogen-bond acceptors (Lipinski definition) is 4.